The van der Waals surface area contributed by atoms with Gasteiger partial charge in [0.15, 0.2) is 0 Å². The number of hydrogen-bond acceptors (Lipinski definition) is 2. The Morgan fingerprint density at radius 3 is 2.00 bits per heavy atom. The summed E-state index contributed by atoms with van der Waals surface area (Å²) in [6.45, 7) is 6.82. The molecule has 0 aliphatic carbocycles. The van der Waals surface area contributed by atoms with Crippen LogP contribution in [0.5, 0.6) is 0 Å². The molecule has 0 saturated heterocycles. The maximum Gasteiger partial charge on any atom is 0.471 e. The summed E-state index contributed by atoms with van der Waals surface area (Å²) in [6, 6.07) is 0. The van der Waals surface area contributed by atoms with Gasteiger partial charge in [0, 0.05) is 12.1 Å². The van der Waals surface area contributed by atoms with Gasteiger partial charge in [-0.1, -0.05) is 0 Å². The molecule has 0 aromatic heterocycles. The highest BCUT2D eigenvalue weighted by Crippen LogP contribution is 2.13. The smallest absolute Gasteiger partial charge is 0.348 e. The lowest BCUT2D eigenvalue weighted by atomic mass is 10.1. The van der Waals surface area contributed by atoms with Crippen LogP contribution >= 0.6 is 0 Å². The molecule has 0 bridgehead atoms. The first-order chi connectivity index (χ1) is 7.13. The van der Waals surface area contributed by atoms with E-state index in [2.05, 4.69) is 5.32 Å². The Hall–Kier alpha value is -0.780. The van der Waals surface area contributed by atoms with Crippen molar-refractivity contribution < 1.29 is 18.0 Å². The average Bonchev–Trinajstić information content (AvgIpc) is 2.07. The normalized spacial score (nSPS) is 12.6. The number of amides is 1. The number of nitrogens with one attached hydrogen (secondary N) is 2. The van der Waals surface area contributed by atoms with E-state index < -0.39 is 12.1 Å². The highest BCUT2D eigenvalue weighted by molar-refractivity contribution is 5.81. The Morgan fingerprint density at radius 2 is 1.56 bits per heavy atom. The Kier molecular flexibility index (Phi) is 5.78. The van der Waals surface area contributed by atoms with Crippen LogP contribution in [0, 0.1) is 0 Å². The first-order valence-corrected chi connectivity index (χ1v) is 5.23. The van der Waals surface area contributed by atoms with Crippen LogP contribution in [0.15, 0.2) is 0 Å². The summed E-state index contributed by atoms with van der Waals surface area (Å²) < 4.78 is 35.3. The van der Waals surface area contributed by atoms with Crippen LogP contribution in [-0.2, 0) is 4.79 Å². The van der Waals surface area contributed by atoms with Gasteiger partial charge in [0.25, 0.3) is 0 Å². The van der Waals surface area contributed by atoms with Crippen molar-refractivity contribution >= 4 is 5.91 Å². The van der Waals surface area contributed by atoms with E-state index in [9.17, 15) is 18.0 Å². The van der Waals surface area contributed by atoms with Crippen molar-refractivity contribution in [2.24, 2.45) is 0 Å². The summed E-state index contributed by atoms with van der Waals surface area (Å²) >= 11 is 0. The number of rotatable bonds is 5. The van der Waals surface area contributed by atoms with E-state index in [0.29, 0.717) is 6.42 Å². The fourth-order valence-electron chi connectivity index (χ4n) is 1.02. The molecule has 0 fully saturated rings. The van der Waals surface area contributed by atoms with E-state index in [1.54, 1.807) is 0 Å². The number of alkyl halides is 3. The molecule has 1 amide bonds. The first-order valence-electron chi connectivity index (χ1n) is 5.23. The largest absolute Gasteiger partial charge is 0.471 e. The van der Waals surface area contributed by atoms with E-state index in [1.807, 2.05) is 26.1 Å². The Labute approximate surface area is 93.8 Å². The van der Waals surface area contributed by atoms with Crippen LogP contribution in [-0.4, -0.2) is 30.7 Å². The number of unbranched alkanes of at least 4 members (excludes halogenated alkanes) is 1. The van der Waals surface area contributed by atoms with Crippen LogP contribution < -0.4 is 10.6 Å². The van der Waals surface area contributed by atoms with Crippen molar-refractivity contribution in [2.75, 3.05) is 13.1 Å². The van der Waals surface area contributed by atoms with E-state index in [4.69, 9.17) is 0 Å². The highest BCUT2D eigenvalue weighted by atomic mass is 19.4. The topological polar surface area (TPSA) is 41.1 Å². The average molecular weight is 240 g/mol. The zero-order chi connectivity index (χ0) is 12.8. The third-order valence-electron chi connectivity index (χ3n) is 1.80. The van der Waals surface area contributed by atoms with Crippen molar-refractivity contribution in [3.63, 3.8) is 0 Å². The third-order valence-corrected chi connectivity index (χ3v) is 1.80. The molecule has 0 aromatic carbocycles. The fourth-order valence-corrected chi connectivity index (χ4v) is 1.02. The molecule has 0 spiro atoms. The van der Waals surface area contributed by atoms with Gasteiger partial charge in [-0.05, 0) is 40.2 Å². The molecule has 0 saturated carbocycles. The van der Waals surface area contributed by atoms with Gasteiger partial charge in [0.1, 0.15) is 0 Å². The van der Waals surface area contributed by atoms with E-state index in [-0.39, 0.29) is 12.1 Å². The quantitative estimate of drug-likeness (QED) is 0.720. The standard InChI is InChI=1S/C10H19F3N2O/c1-9(2,3)15-7-5-4-6-14-8(16)10(11,12)13/h15H,4-7H2,1-3H3,(H,14,16). The Bertz CT molecular complexity index is 221. The second kappa shape index (κ2) is 6.08. The van der Waals surface area contributed by atoms with Crippen LogP contribution in [0.25, 0.3) is 0 Å². The fraction of sp³-hybridized carbons (Fsp3) is 0.900. The minimum atomic E-state index is -4.77. The maximum absolute atomic E-state index is 11.8. The summed E-state index contributed by atoms with van der Waals surface area (Å²) in [5.41, 5.74) is 0.00914. The molecule has 0 unspecified atom stereocenters. The summed E-state index contributed by atoms with van der Waals surface area (Å²) in [5, 5.41) is 5.03. The number of carbonyl (C=O) groups is 1. The summed E-state index contributed by atoms with van der Waals surface area (Å²) in [6.07, 6.45) is -3.51. The second-order valence-corrected chi connectivity index (χ2v) is 4.64. The Morgan fingerprint density at radius 1 is 1.06 bits per heavy atom. The minimum Gasteiger partial charge on any atom is -0.348 e. The van der Waals surface area contributed by atoms with Crippen LogP contribution in [0.1, 0.15) is 33.6 Å². The molecule has 2 N–H and O–H groups in total. The lowest BCUT2D eigenvalue weighted by Gasteiger charge is -2.20. The second-order valence-electron chi connectivity index (χ2n) is 4.64. The van der Waals surface area contributed by atoms with Crippen molar-refractivity contribution in [3.8, 4) is 0 Å². The summed E-state index contributed by atoms with van der Waals surface area (Å²) in [5.74, 6) is -1.86. The molecule has 0 aliphatic heterocycles. The van der Waals surface area contributed by atoms with Gasteiger partial charge >= 0.3 is 12.1 Å². The maximum atomic E-state index is 11.8. The number of halogens is 3. The lowest BCUT2D eigenvalue weighted by molar-refractivity contribution is -0.173. The Balaban J connectivity index is 3.45. The van der Waals surface area contributed by atoms with Crippen molar-refractivity contribution in [1.29, 1.82) is 0 Å². The summed E-state index contributed by atoms with van der Waals surface area (Å²) in [4.78, 5) is 10.4. The monoisotopic (exact) mass is 240 g/mol. The third kappa shape index (κ3) is 8.52. The zero-order valence-corrected chi connectivity index (χ0v) is 9.87. The molecule has 0 radical (unpaired) electrons. The van der Waals surface area contributed by atoms with Gasteiger partial charge < -0.3 is 10.6 Å². The van der Waals surface area contributed by atoms with Crippen molar-refractivity contribution in [1.82, 2.24) is 10.6 Å². The number of hydrogen-bond donors (Lipinski definition) is 2. The van der Waals surface area contributed by atoms with Crippen LogP contribution in [0.3, 0.4) is 0 Å². The molecule has 6 heteroatoms. The van der Waals surface area contributed by atoms with Gasteiger partial charge in [-0.3, -0.25) is 4.79 Å². The predicted octanol–water partition coefficient (Wildman–Crippen LogP) is 1.83. The number of carbonyl (C=O) groups excluding carboxylic acids is 1. The molecule has 3 nitrogen and oxygen atoms in total. The molecular formula is C10H19F3N2O. The SMILES string of the molecule is CC(C)(C)NCCCCNC(=O)C(F)(F)F. The van der Waals surface area contributed by atoms with Crippen molar-refractivity contribution in [3.05, 3.63) is 0 Å². The first kappa shape index (κ1) is 15.2. The zero-order valence-electron chi connectivity index (χ0n) is 9.87. The van der Waals surface area contributed by atoms with E-state index in [1.165, 1.54) is 0 Å². The molecule has 96 valence electrons. The van der Waals surface area contributed by atoms with Crippen LogP contribution in [0.2, 0.25) is 0 Å². The van der Waals surface area contributed by atoms with Gasteiger partial charge in [-0.2, -0.15) is 13.2 Å². The predicted molar refractivity (Wildman–Crippen MR) is 56.1 cm³/mol. The van der Waals surface area contributed by atoms with Crippen LogP contribution in [0.4, 0.5) is 13.2 Å². The molecular weight excluding hydrogens is 221 g/mol. The summed E-state index contributed by atoms with van der Waals surface area (Å²) in [7, 11) is 0. The van der Waals surface area contributed by atoms with Crippen molar-refractivity contribution in [2.45, 2.75) is 45.3 Å². The molecule has 0 atom stereocenters. The van der Waals surface area contributed by atoms with Gasteiger partial charge in [0.2, 0.25) is 0 Å². The molecule has 0 heterocycles. The van der Waals surface area contributed by atoms with Gasteiger partial charge in [-0.25, -0.2) is 0 Å². The molecule has 0 rings (SSSR count). The van der Waals surface area contributed by atoms with E-state index >= 15 is 0 Å². The van der Waals surface area contributed by atoms with E-state index in [0.717, 1.165) is 13.0 Å². The minimum absolute atomic E-state index is 0.00914. The lowest BCUT2D eigenvalue weighted by Crippen LogP contribution is -2.38. The molecule has 0 aliphatic rings. The van der Waals surface area contributed by atoms with Gasteiger partial charge in [0.05, 0.1) is 0 Å². The molecule has 0 aromatic rings. The van der Waals surface area contributed by atoms with Gasteiger partial charge in [-0.15, -0.1) is 0 Å². The highest BCUT2D eigenvalue weighted by Gasteiger charge is 2.38. The molecule has 16 heavy (non-hydrogen) atoms.